The first-order valence-electron chi connectivity index (χ1n) is 5.85. The Labute approximate surface area is 111 Å². The van der Waals surface area contributed by atoms with E-state index in [-0.39, 0.29) is 13.2 Å². The Hall–Kier alpha value is -2.33. The van der Waals surface area contributed by atoms with Gasteiger partial charge in [-0.2, -0.15) is 0 Å². The van der Waals surface area contributed by atoms with Crippen molar-refractivity contribution in [2.45, 2.75) is 6.61 Å². The van der Waals surface area contributed by atoms with Crippen LogP contribution in [-0.2, 0) is 16.1 Å². The van der Waals surface area contributed by atoms with E-state index in [0.717, 1.165) is 17.1 Å². The number of hydrogen-bond donors (Lipinski definition) is 1. The Morgan fingerprint density at radius 3 is 2.21 bits per heavy atom. The van der Waals surface area contributed by atoms with Crippen LogP contribution in [-0.4, -0.2) is 17.7 Å². The van der Waals surface area contributed by atoms with Crippen LogP contribution in [0.5, 0.6) is 11.5 Å². The van der Waals surface area contributed by atoms with E-state index in [4.69, 9.17) is 14.6 Å². The molecule has 1 N–H and O–H groups in total. The molecule has 0 atom stereocenters. The first-order valence-corrected chi connectivity index (χ1v) is 5.85. The number of aliphatic carboxylic acids is 1. The number of benzene rings is 2. The maximum Gasteiger partial charge on any atom is 0.329 e. The van der Waals surface area contributed by atoms with Crippen LogP contribution >= 0.6 is 0 Å². The van der Waals surface area contributed by atoms with Crippen LogP contribution in [0.4, 0.5) is 0 Å². The fourth-order valence-corrected chi connectivity index (χ4v) is 1.53. The molecule has 0 spiro atoms. The lowest BCUT2D eigenvalue weighted by Crippen LogP contribution is -2.06. The molecule has 0 saturated carbocycles. The molecular weight excluding hydrogens is 244 g/mol. The summed E-state index contributed by atoms with van der Waals surface area (Å²) in [6.45, 7) is -0.0137. The van der Waals surface area contributed by atoms with Crippen molar-refractivity contribution in [2.75, 3.05) is 6.61 Å². The molecule has 2 rings (SSSR count). The van der Waals surface area contributed by atoms with Gasteiger partial charge in [-0.1, -0.05) is 30.3 Å². The average Bonchev–Trinajstić information content (AvgIpc) is 2.42. The van der Waals surface area contributed by atoms with Gasteiger partial charge in [-0.15, -0.1) is 0 Å². The Balaban J connectivity index is 1.89. The summed E-state index contributed by atoms with van der Waals surface area (Å²) in [5.74, 6) is 0.537. The van der Waals surface area contributed by atoms with Gasteiger partial charge in [-0.05, 0) is 29.8 Å². The summed E-state index contributed by atoms with van der Waals surface area (Å²) in [4.78, 5) is 10.3. The van der Waals surface area contributed by atoms with Crippen LogP contribution in [0.15, 0.2) is 54.6 Å². The van der Waals surface area contributed by atoms with E-state index in [2.05, 4.69) is 0 Å². The molecule has 2 aromatic carbocycles. The van der Waals surface area contributed by atoms with E-state index in [1.165, 1.54) is 0 Å². The standard InChI is InChI=1S/C15H14O4/c16-15(17)11-18-10-12-6-8-14(9-7-12)19-13-4-2-1-3-5-13/h1-9H,10-11H2,(H,16,17). The highest BCUT2D eigenvalue weighted by atomic mass is 16.5. The summed E-state index contributed by atoms with van der Waals surface area (Å²) in [5.41, 5.74) is 0.904. The number of carboxylic acids is 1. The van der Waals surface area contributed by atoms with Gasteiger partial charge in [0.05, 0.1) is 6.61 Å². The van der Waals surface area contributed by atoms with Gasteiger partial charge in [0.2, 0.25) is 0 Å². The lowest BCUT2D eigenvalue weighted by Gasteiger charge is -2.06. The normalized spacial score (nSPS) is 10.1. The highest BCUT2D eigenvalue weighted by Crippen LogP contribution is 2.21. The molecule has 19 heavy (non-hydrogen) atoms. The van der Waals surface area contributed by atoms with Crippen molar-refractivity contribution in [3.8, 4) is 11.5 Å². The van der Waals surface area contributed by atoms with Crippen molar-refractivity contribution in [3.05, 3.63) is 60.2 Å². The molecule has 4 heteroatoms. The second kappa shape index (κ2) is 6.56. The van der Waals surface area contributed by atoms with Gasteiger partial charge in [0.1, 0.15) is 18.1 Å². The zero-order valence-electron chi connectivity index (χ0n) is 10.3. The van der Waals surface area contributed by atoms with Gasteiger partial charge in [-0.25, -0.2) is 4.79 Å². The second-order valence-corrected chi connectivity index (χ2v) is 3.95. The molecule has 4 nitrogen and oxygen atoms in total. The monoisotopic (exact) mass is 258 g/mol. The first-order chi connectivity index (χ1) is 9.24. The maximum atomic E-state index is 10.3. The smallest absolute Gasteiger partial charge is 0.329 e. The minimum absolute atomic E-state index is 0.276. The van der Waals surface area contributed by atoms with Crippen LogP contribution in [0.25, 0.3) is 0 Å². The molecule has 0 unspecified atom stereocenters. The van der Waals surface area contributed by atoms with E-state index in [0.29, 0.717) is 0 Å². The topological polar surface area (TPSA) is 55.8 Å². The van der Waals surface area contributed by atoms with E-state index in [1.54, 1.807) is 0 Å². The molecule has 98 valence electrons. The summed E-state index contributed by atoms with van der Waals surface area (Å²) >= 11 is 0. The van der Waals surface area contributed by atoms with Gasteiger partial charge >= 0.3 is 5.97 Å². The lowest BCUT2D eigenvalue weighted by atomic mass is 10.2. The third-order valence-corrected chi connectivity index (χ3v) is 2.40. The number of rotatable bonds is 6. The zero-order valence-corrected chi connectivity index (χ0v) is 10.3. The van der Waals surface area contributed by atoms with Gasteiger partial charge in [0.25, 0.3) is 0 Å². The Bertz CT molecular complexity index is 520. The molecule has 0 aliphatic heterocycles. The quantitative estimate of drug-likeness (QED) is 0.865. The number of carboxylic acid groups (broad SMARTS) is 1. The van der Waals surface area contributed by atoms with E-state index in [1.807, 2.05) is 54.6 Å². The zero-order chi connectivity index (χ0) is 13.5. The molecule has 0 aromatic heterocycles. The molecule has 0 saturated heterocycles. The average molecular weight is 258 g/mol. The minimum Gasteiger partial charge on any atom is -0.480 e. The summed E-state index contributed by atoms with van der Waals surface area (Å²) in [6.07, 6.45) is 0. The van der Waals surface area contributed by atoms with Gasteiger partial charge in [-0.3, -0.25) is 0 Å². The predicted molar refractivity (Wildman–Crippen MR) is 70.2 cm³/mol. The van der Waals surface area contributed by atoms with Crippen molar-refractivity contribution in [2.24, 2.45) is 0 Å². The van der Waals surface area contributed by atoms with E-state index in [9.17, 15) is 4.79 Å². The molecule has 0 bridgehead atoms. The molecule has 0 heterocycles. The number of ether oxygens (including phenoxy) is 2. The second-order valence-electron chi connectivity index (χ2n) is 3.95. The first kappa shape index (κ1) is 13.1. The summed E-state index contributed by atoms with van der Waals surface area (Å²) in [5, 5.41) is 8.45. The van der Waals surface area contributed by atoms with E-state index >= 15 is 0 Å². The Kier molecular flexibility index (Phi) is 4.53. The summed E-state index contributed by atoms with van der Waals surface area (Å²) in [7, 11) is 0. The number of carbonyl (C=O) groups is 1. The maximum absolute atomic E-state index is 10.3. The van der Waals surface area contributed by atoms with Gasteiger partial charge < -0.3 is 14.6 Å². The minimum atomic E-state index is -0.968. The van der Waals surface area contributed by atoms with Crippen molar-refractivity contribution in [1.82, 2.24) is 0 Å². The van der Waals surface area contributed by atoms with Gasteiger partial charge in [0, 0.05) is 0 Å². The Morgan fingerprint density at radius 1 is 0.947 bits per heavy atom. The molecular formula is C15H14O4. The predicted octanol–water partition coefficient (Wildman–Crippen LogP) is 3.08. The molecule has 0 fully saturated rings. The highest BCUT2D eigenvalue weighted by molar-refractivity contribution is 5.67. The fraction of sp³-hybridized carbons (Fsp3) is 0.133. The van der Waals surface area contributed by atoms with Crippen molar-refractivity contribution < 1.29 is 19.4 Å². The highest BCUT2D eigenvalue weighted by Gasteiger charge is 2.00. The summed E-state index contributed by atoms with van der Waals surface area (Å²) < 4.78 is 10.6. The van der Waals surface area contributed by atoms with Crippen LogP contribution in [0.1, 0.15) is 5.56 Å². The third kappa shape index (κ3) is 4.44. The van der Waals surface area contributed by atoms with Crippen LogP contribution < -0.4 is 4.74 Å². The number of para-hydroxylation sites is 1. The lowest BCUT2D eigenvalue weighted by molar-refractivity contribution is -0.142. The fourth-order valence-electron chi connectivity index (χ4n) is 1.53. The van der Waals surface area contributed by atoms with Crippen molar-refractivity contribution in [3.63, 3.8) is 0 Å². The molecule has 2 aromatic rings. The largest absolute Gasteiger partial charge is 0.480 e. The number of hydrogen-bond acceptors (Lipinski definition) is 3. The SMILES string of the molecule is O=C(O)COCc1ccc(Oc2ccccc2)cc1. The van der Waals surface area contributed by atoms with Crippen LogP contribution in [0.3, 0.4) is 0 Å². The Morgan fingerprint density at radius 2 is 1.58 bits per heavy atom. The van der Waals surface area contributed by atoms with Gasteiger partial charge in [0.15, 0.2) is 0 Å². The van der Waals surface area contributed by atoms with Crippen molar-refractivity contribution >= 4 is 5.97 Å². The molecule has 0 aliphatic carbocycles. The molecule has 0 radical (unpaired) electrons. The van der Waals surface area contributed by atoms with Crippen LogP contribution in [0.2, 0.25) is 0 Å². The molecule has 0 aliphatic rings. The third-order valence-electron chi connectivity index (χ3n) is 2.40. The summed E-state index contributed by atoms with van der Waals surface area (Å²) in [6, 6.07) is 16.8. The van der Waals surface area contributed by atoms with E-state index < -0.39 is 5.97 Å². The van der Waals surface area contributed by atoms with Crippen molar-refractivity contribution in [1.29, 1.82) is 0 Å². The van der Waals surface area contributed by atoms with Crippen LogP contribution in [0, 0.1) is 0 Å². The molecule has 0 amide bonds.